The van der Waals surface area contributed by atoms with Crippen molar-refractivity contribution in [1.29, 1.82) is 0 Å². The van der Waals surface area contributed by atoms with Crippen LogP contribution in [0.1, 0.15) is 47.0 Å². The first kappa shape index (κ1) is 28.5. The first-order chi connectivity index (χ1) is 18.7. The number of esters is 1. The van der Waals surface area contributed by atoms with Gasteiger partial charge in [0.25, 0.3) is 10.0 Å². The summed E-state index contributed by atoms with van der Waals surface area (Å²) >= 11 is 7.03. The molecule has 0 spiro atoms. The molecule has 0 radical (unpaired) electrons. The molecule has 3 aromatic rings. The molecule has 11 nitrogen and oxygen atoms in total. The Bertz CT molecular complexity index is 1440. The molecule has 2 aromatic heterocycles. The summed E-state index contributed by atoms with van der Waals surface area (Å²) in [4.78, 5) is 21.9. The van der Waals surface area contributed by atoms with Gasteiger partial charge < -0.3 is 24.8 Å². The summed E-state index contributed by atoms with van der Waals surface area (Å²) in [6.45, 7) is 2.07. The third-order valence-electron chi connectivity index (χ3n) is 5.86. The Hall–Kier alpha value is -3.49. The number of thiocarbonyl (C=S) groups is 1. The van der Waals surface area contributed by atoms with E-state index in [-0.39, 0.29) is 40.3 Å². The standard InChI is InChI=1S/C25H29N5O6S3/c1-4-36-23(31)21-17-8-6-5-7-9-18(17)38-22(21)29-25(37)26-15-10-12-16(13-11-15)39(32,33)30-19-14-20(34-2)28-24(27-19)35-3/h10-14H,4-9H2,1-3H3,(H2,26,29,37)(H,27,28,30). The normalized spacial score (nSPS) is 13.0. The van der Waals surface area contributed by atoms with E-state index in [9.17, 15) is 13.2 Å². The summed E-state index contributed by atoms with van der Waals surface area (Å²) in [6.07, 6.45) is 5.00. The van der Waals surface area contributed by atoms with Crippen LogP contribution in [0, 0.1) is 0 Å². The lowest BCUT2D eigenvalue weighted by molar-refractivity contribution is 0.0526. The number of carbonyl (C=O) groups is 1. The minimum atomic E-state index is -3.96. The first-order valence-corrected chi connectivity index (χ1v) is 14.9. The number of sulfonamides is 1. The number of thiophene rings is 1. The van der Waals surface area contributed by atoms with Crippen LogP contribution in [-0.4, -0.2) is 50.3 Å². The Balaban J connectivity index is 1.47. The maximum atomic E-state index is 12.9. The van der Waals surface area contributed by atoms with Crippen molar-refractivity contribution in [2.24, 2.45) is 0 Å². The van der Waals surface area contributed by atoms with E-state index in [0.29, 0.717) is 16.3 Å². The second-order valence-corrected chi connectivity index (χ2v) is 11.7. The van der Waals surface area contributed by atoms with Crippen LogP contribution in [0.5, 0.6) is 11.9 Å². The van der Waals surface area contributed by atoms with Crippen molar-refractivity contribution in [3.8, 4) is 11.9 Å². The highest BCUT2D eigenvalue weighted by Gasteiger charge is 2.26. The number of nitrogens with one attached hydrogen (secondary N) is 3. The number of nitrogens with zero attached hydrogens (tertiary/aromatic N) is 2. The number of methoxy groups -OCH3 is 2. The number of benzene rings is 1. The molecule has 0 aliphatic heterocycles. The van der Waals surface area contributed by atoms with Gasteiger partial charge in [-0.25, -0.2) is 13.2 Å². The van der Waals surface area contributed by atoms with E-state index in [1.165, 1.54) is 48.6 Å². The molecule has 39 heavy (non-hydrogen) atoms. The number of fused-ring (bicyclic) bond motifs is 1. The summed E-state index contributed by atoms with van der Waals surface area (Å²) in [6, 6.07) is 7.33. The fourth-order valence-electron chi connectivity index (χ4n) is 4.08. The van der Waals surface area contributed by atoms with Gasteiger partial charge >= 0.3 is 12.0 Å². The molecule has 2 heterocycles. The molecule has 0 bridgehead atoms. The number of carbonyl (C=O) groups excluding carboxylic acids is 1. The molecule has 0 atom stereocenters. The molecule has 0 saturated heterocycles. The monoisotopic (exact) mass is 591 g/mol. The van der Waals surface area contributed by atoms with Crippen LogP contribution in [0.4, 0.5) is 16.5 Å². The van der Waals surface area contributed by atoms with Gasteiger partial charge in [-0.15, -0.1) is 11.3 Å². The van der Waals surface area contributed by atoms with Gasteiger partial charge in [-0.2, -0.15) is 9.97 Å². The summed E-state index contributed by atoms with van der Waals surface area (Å²) in [5.41, 5.74) is 2.16. The third-order valence-corrected chi connectivity index (χ3v) is 8.65. The van der Waals surface area contributed by atoms with E-state index < -0.39 is 10.0 Å². The minimum absolute atomic E-state index is 0.00182. The predicted octanol–water partition coefficient (Wildman–Crippen LogP) is 4.61. The van der Waals surface area contributed by atoms with Crippen LogP contribution >= 0.6 is 23.6 Å². The van der Waals surface area contributed by atoms with Crippen LogP contribution in [0.2, 0.25) is 0 Å². The van der Waals surface area contributed by atoms with Crippen molar-refractivity contribution in [1.82, 2.24) is 9.97 Å². The van der Waals surface area contributed by atoms with Crippen LogP contribution in [-0.2, 0) is 27.6 Å². The van der Waals surface area contributed by atoms with E-state index in [0.717, 1.165) is 37.7 Å². The molecule has 14 heteroatoms. The van der Waals surface area contributed by atoms with Crippen LogP contribution < -0.4 is 24.8 Å². The molecule has 0 fully saturated rings. The minimum Gasteiger partial charge on any atom is -0.481 e. The number of anilines is 3. The van der Waals surface area contributed by atoms with Gasteiger partial charge in [0.15, 0.2) is 10.9 Å². The largest absolute Gasteiger partial charge is 0.481 e. The lowest BCUT2D eigenvalue weighted by atomic mass is 10.1. The predicted molar refractivity (Wildman–Crippen MR) is 154 cm³/mol. The zero-order valence-corrected chi connectivity index (χ0v) is 24.1. The van der Waals surface area contributed by atoms with Gasteiger partial charge in [0.2, 0.25) is 5.88 Å². The highest BCUT2D eigenvalue weighted by atomic mass is 32.2. The second-order valence-electron chi connectivity index (χ2n) is 8.48. The molecule has 1 aromatic carbocycles. The number of hydrogen-bond acceptors (Lipinski definition) is 10. The van der Waals surface area contributed by atoms with Crippen molar-refractivity contribution < 1.29 is 27.4 Å². The Kier molecular flexibility index (Phi) is 9.20. The number of aryl methyl sites for hydroxylation is 1. The van der Waals surface area contributed by atoms with E-state index in [1.807, 2.05) is 0 Å². The smallest absolute Gasteiger partial charge is 0.341 e. The highest BCUT2D eigenvalue weighted by molar-refractivity contribution is 7.92. The van der Waals surface area contributed by atoms with Crippen LogP contribution in [0.3, 0.4) is 0 Å². The average Bonchev–Trinajstić information content (AvgIpc) is 3.08. The second kappa shape index (κ2) is 12.6. The zero-order chi connectivity index (χ0) is 28.0. The lowest BCUT2D eigenvalue weighted by Gasteiger charge is -2.13. The van der Waals surface area contributed by atoms with Gasteiger partial charge in [0.1, 0.15) is 5.00 Å². The topological polar surface area (TPSA) is 141 Å². The maximum Gasteiger partial charge on any atom is 0.341 e. The molecular weight excluding hydrogens is 563 g/mol. The molecule has 0 saturated carbocycles. The zero-order valence-electron chi connectivity index (χ0n) is 21.7. The number of rotatable bonds is 9. The molecule has 4 rings (SSSR count). The van der Waals surface area contributed by atoms with Crippen molar-refractivity contribution in [2.45, 2.75) is 43.9 Å². The quantitative estimate of drug-likeness (QED) is 0.182. The summed E-state index contributed by atoms with van der Waals surface area (Å²) in [5, 5.41) is 7.11. The molecule has 1 aliphatic carbocycles. The summed E-state index contributed by atoms with van der Waals surface area (Å²) in [7, 11) is -1.20. The van der Waals surface area contributed by atoms with Crippen molar-refractivity contribution in [3.63, 3.8) is 0 Å². The Morgan fingerprint density at radius 1 is 1.05 bits per heavy atom. The van der Waals surface area contributed by atoms with Gasteiger partial charge in [-0.05, 0) is 74.7 Å². The molecule has 3 N–H and O–H groups in total. The van der Waals surface area contributed by atoms with Crippen molar-refractivity contribution >= 4 is 61.2 Å². The lowest BCUT2D eigenvalue weighted by Crippen LogP contribution is -2.20. The number of ether oxygens (including phenoxy) is 3. The average molecular weight is 592 g/mol. The summed E-state index contributed by atoms with van der Waals surface area (Å²) < 4.78 is 43.6. The molecule has 1 aliphatic rings. The van der Waals surface area contributed by atoms with E-state index in [1.54, 1.807) is 19.1 Å². The van der Waals surface area contributed by atoms with Gasteiger partial charge in [-0.3, -0.25) is 4.72 Å². The van der Waals surface area contributed by atoms with E-state index >= 15 is 0 Å². The van der Waals surface area contributed by atoms with Crippen molar-refractivity contribution in [2.75, 3.05) is 36.2 Å². The Morgan fingerprint density at radius 2 is 1.79 bits per heavy atom. The first-order valence-electron chi connectivity index (χ1n) is 12.2. The highest BCUT2D eigenvalue weighted by Crippen LogP contribution is 2.38. The fourth-order valence-corrected chi connectivity index (χ4v) is 6.64. The Labute approximate surface area is 236 Å². The fraction of sp³-hybridized carbons (Fsp3) is 0.360. The molecule has 0 unspecified atom stereocenters. The molecule has 0 amide bonds. The van der Waals surface area contributed by atoms with Crippen LogP contribution in [0.25, 0.3) is 0 Å². The van der Waals surface area contributed by atoms with Crippen molar-refractivity contribution in [3.05, 3.63) is 46.3 Å². The van der Waals surface area contributed by atoms with Gasteiger partial charge in [0, 0.05) is 16.6 Å². The number of hydrogen-bond donors (Lipinski definition) is 3. The van der Waals surface area contributed by atoms with Gasteiger partial charge in [-0.1, -0.05) is 6.42 Å². The SMILES string of the molecule is CCOC(=O)c1c(NC(=S)Nc2ccc(S(=O)(=O)Nc3cc(OC)nc(OC)n3)cc2)sc2c1CCCCC2. The maximum absolute atomic E-state index is 12.9. The number of aromatic nitrogens is 2. The Morgan fingerprint density at radius 3 is 2.49 bits per heavy atom. The third kappa shape index (κ3) is 6.94. The molecular formula is C25H29N5O6S3. The van der Waals surface area contributed by atoms with E-state index in [4.69, 9.17) is 26.4 Å². The van der Waals surface area contributed by atoms with Crippen LogP contribution in [0.15, 0.2) is 35.2 Å². The van der Waals surface area contributed by atoms with E-state index in [2.05, 4.69) is 25.3 Å². The van der Waals surface area contributed by atoms with Gasteiger partial charge in [0.05, 0.1) is 31.3 Å². The molecule has 208 valence electrons. The summed E-state index contributed by atoms with van der Waals surface area (Å²) in [5.74, 6) is -0.213.